The van der Waals surface area contributed by atoms with Crippen LogP contribution >= 0.6 is 0 Å². The number of rotatable bonds is 8. The summed E-state index contributed by atoms with van der Waals surface area (Å²) in [7, 11) is -3.89. The van der Waals surface area contributed by atoms with E-state index in [1.165, 1.54) is 0 Å². The maximum Gasteiger partial charge on any atom is 0.330 e. The molecule has 28 heavy (non-hydrogen) atoms. The van der Waals surface area contributed by atoms with Gasteiger partial charge in [-0.05, 0) is 29.7 Å². The Morgan fingerprint density at radius 2 is 1.96 bits per heavy atom. The summed E-state index contributed by atoms with van der Waals surface area (Å²) in [6, 6.07) is 14.9. The minimum atomic E-state index is -3.89. The van der Waals surface area contributed by atoms with Gasteiger partial charge in [-0.2, -0.15) is 8.42 Å². The average molecular weight is 401 g/mol. The van der Waals surface area contributed by atoms with E-state index in [4.69, 9.17) is 4.74 Å². The zero-order chi connectivity index (χ0) is 20.0. The van der Waals surface area contributed by atoms with Gasteiger partial charge in [-0.1, -0.05) is 68.3 Å². The second kappa shape index (κ2) is 8.84. The Balaban J connectivity index is 1.90. The standard InChI is InChI=1S/C21H24N2O4S/c1-2-3-4-6-9-17-12-13-19(23-15-21(24)22-28(23,25)26)20(14-17)27-16-18-10-7-5-8-11-18/h5-15,22,24H,2-4,16H2,1H3. The van der Waals surface area contributed by atoms with Crippen LogP contribution in [0, 0.1) is 0 Å². The van der Waals surface area contributed by atoms with Gasteiger partial charge in [-0.3, -0.25) is 0 Å². The normalized spacial score (nSPS) is 15.5. The van der Waals surface area contributed by atoms with E-state index < -0.39 is 16.1 Å². The van der Waals surface area contributed by atoms with Crippen molar-refractivity contribution in [2.24, 2.45) is 0 Å². The Morgan fingerprint density at radius 3 is 2.64 bits per heavy atom. The largest absolute Gasteiger partial charge is 0.493 e. The van der Waals surface area contributed by atoms with Crippen molar-refractivity contribution in [3.05, 3.63) is 77.8 Å². The molecule has 0 radical (unpaired) electrons. The van der Waals surface area contributed by atoms with Crippen LogP contribution < -0.4 is 13.8 Å². The molecule has 7 heteroatoms. The Kier molecular flexibility index (Phi) is 6.26. The molecule has 0 atom stereocenters. The fourth-order valence-corrected chi connectivity index (χ4v) is 3.86. The van der Waals surface area contributed by atoms with Crippen LogP contribution in [0.25, 0.3) is 6.08 Å². The van der Waals surface area contributed by atoms with Crippen molar-refractivity contribution in [1.29, 1.82) is 0 Å². The second-order valence-electron chi connectivity index (χ2n) is 6.46. The summed E-state index contributed by atoms with van der Waals surface area (Å²) in [5.41, 5.74) is 2.22. The van der Waals surface area contributed by atoms with Crippen molar-refractivity contribution >= 4 is 22.0 Å². The molecule has 3 rings (SSSR count). The van der Waals surface area contributed by atoms with Gasteiger partial charge in [0.15, 0.2) is 0 Å². The summed E-state index contributed by atoms with van der Waals surface area (Å²) in [4.78, 5) is 0. The summed E-state index contributed by atoms with van der Waals surface area (Å²) in [6.45, 7) is 2.44. The first-order valence-electron chi connectivity index (χ1n) is 9.20. The summed E-state index contributed by atoms with van der Waals surface area (Å²) in [5.74, 6) is -0.0182. The molecule has 6 nitrogen and oxygen atoms in total. The van der Waals surface area contributed by atoms with Gasteiger partial charge in [0.2, 0.25) is 5.88 Å². The maximum absolute atomic E-state index is 12.3. The average Bonchev–Trinajstić information content (AvgIpc) is 2.96. The molecule has 0 spiro atoms. The molecule has 0 aromatic heterocycles. The number of nitrogens with zero attached hydrogens (tertiary/aromatic N) is 1. The van der Waals surface area contributed by atoms with Crippen molar-refractivity contribution in [1.82, 2.24) is 4.72 Å². The molecule has 2 aromatic carbocycles. The lowest BCUT2D eigenvalue weighted by Crippen LogP contribution is -2.29. The summed E-state index contributed by atoms with van der Waals surface area (Å²) in [6.07, 6.45) is 8.45. The first-order valence-corrected chi connectivity index (χ1v) is 10.6. The van der Waals surface area contributed by atoms with E-state index in [2.05, 4.69) is 17.7 Å². The van der Waals surface area contributed by atoms with Crippen LogP contribution in [-0.4, -0.2) is 13.5 Å². The van der Waals surface area contributed by atoms with Gasteiger partial charge in [0.1, 0.15) is 18.0 Å². The van der Waals surface area contributed by atoms with Crippen molar-refractivity contribution in [3.63, 3.8) is 0 Å². The predicted molar refractivity (Wildman–Crippen MR) is 111 cm³/mol. The van der Waals surface area contributed by atoms with E-state index >= 15 is 0 Å². The molecule has 2 N–H and O–H groups in total. The number of anilines is 1. The monoisotopic (exact) mass is 400 g/mol. The Hall–Kier alpha value is -2.93. The Morgan fingerprint density at radius 1 is 1.18 bits per heavy atom. The Bertz CT molecular complexity index is 969. The highest BCUT2D eigenvalue weighted by atomic mass is 32.2. The third kappa shape index (κ3) is 4.86. The lowest BCUT2D eigenvalue weighted by Gasteiger charge is -2.19. The summed E-state index contributed by atoms with van der Waals surface area (Å²) < 4.78 is 33.5. The molecule has 0 unspecified atom stereocenters. The van der Waals surface area contributed by atoms with E-state index in [0.717, 1.165) is 40.9 Å². The highest BCUT2D eigenvalue weighted by Crippen LogP contribution is 2.34. The van der Waals surface area contributed by atoms with Crippen LogP contribution in [-0.2, 0) is 16.8 Å². The van der Waals surface area contributed by atoms with Gasteiger partial charge in [0, 0.05) is 0 Å². The third-order valence-electron chi connectivity index (χ3n) is 4.23. The fourth-order valence-electron chi connectivity index (χ4n) is 2.80. The van der Waals surface area contributed by atoms with E-state index in [9.17, 15) is 13.5 Å². The second-order valence-corrected chi connectivity index (χ2v) is 8.01. The molecular weight excluding hydrogens is 376 g/mol. The van der Waals surface area contributed by atoms with Crippen LogP contribution in [0.1, 0.15) is 37.3 Å². The lowest BCUT2D eigenvalue weighted by molar-refractivity contribution is 0.307. The predicted octanol–water partition coefficient (Wildman–Crippen LogP) is 4.48. The smallest absolute Gasteiger partial charge is 0.330 e. The molecule has 1 aliphatic heterocycles. The minimum Gasteiger partial charge on any atom is -0.493 e. The van der Waals surface area contributed by atoms with Crippen molar-refractivity contribution in [2.45, 2.75) is 32.8 Å². The third-order valence-corrected chi connectivity index (χ3v) is 5.51. The van der Waals surface area contributed by atoms with Gasteiger partial charge < -0.3 is 9.84 Å². The van der Waals surface area contributed by atoms with Gasteiger partial charge in [-0.25, -0.2) is 9.03 Å². The highest BCUT2D eigenvalue weighted by molar-refractivity contribution is 7.91. The number of hydrogen-bond acceptors (Lipinski definition) is 4. The minimum absolute atomic E-state index is 0.299. The zero-order valence-electron chi connectivity index (χ0n) is 15.7. The molecule has 148 valence electrons. The number of ether oxygens (including phenoxy) is 1. The number of benzene rings is 2. The molecule has 0 saturated carbocycles. The molecule has 2 aromatic rings. The van der Waals surface area contributed by atoms with Crippen LogP contribution in [0.5, 0.6) is 5.75 Å². The van der Waals surface area contributed by atoms with Crippen LogP contribution in [0.2, 0.25) is 0 Å². The first kappa shape index (κ1) is 19.8. The quantitative estimate of drug-likeness (QED) is 0.641. The van der Waals surface area contributed by atoms with Crippen LogP contribution in [0.3, 0.4) is 0 Å². The summed E-state index contributed by atoms with van der Waals surface area (Å²) >= 11 is 0. The highest BCUT2D eigenvalue weighted by Gasteiger charge is 2.30. The van der Waals surface area contributed by atoms with E-state index in [0.29, 0.717) is 18.0 Å². The number of unbranched alkanes of at least 4 members (excludes halogenated alkanes) is 2. The van der Waals surface area contributed by atoms with Crippen LogP contribution in [0.15, 0.2) is 66.7 Å². The number of allylic oxidation sites excluding steroid dienone is 1. The SMILES string of the molecule is CCCCC=Cc1ccc(N2C=C(O)NS2(=O)=O)c(OCc2ccccc2)c1. The van der Waals surface area contributed by atoms with Crippen LogP contribution in [0.4, 0.5) is 5.69 Å². The molecule has 1 aliphatic rings. The van der Waals surface area contributed by atoms with E-state index in [1.54, 1.807) is 12.1 Å². The molecule has 0 fully saturated rings. The number of aliphatic hydroxyl groups is 1. The lowest BCUT2D eigenvalue weighted by atomic mass is 10.1. The van der Waals surface area contributed by atoms with Gasteiger partial charge in [0.25, 0.3) is 0 Å². The number of aliphatic hydroxyl groups excluding tert-OH is 1. The first-order chi connectivity index (χ1) is 13.5. The van der Waals surface area contributed by atoms with Crippen molar-refractivity contribution < 1.29 is 18.3 Å². The molecule has 0 aliphatic carbocycles. The molecule has 0 amide bonds. The maximum atomic E-state index is 12.3. The molecular formula is C21H24N2O4S. The van der Waals surface area contributed by atoms with Crippen molar-refractivity contribution in [3.8, 4) is 5.75 Å². The fraction of sp³-hybridized carbons (Fsp3) is 0.238. The number of nitrogens with one attached hydrogen (secondary N) is 1. The molecule has 0 saturated heterocycles. The number of hydrogen-bond donors (Lipinski definition) is 2. The van der Waals surface area contributed by atoms with E-state index in [-0.39, 0.29) is 0 Å². The molecule has 0 bridgehead atoms. The molecule has 1 heterocycles. The Labute approximate surface area is 166 Å². The van der Waals surface area contributed by atoms with Gasteiger partial charge in [0.05, 0.1) is 6.20 Å². The van der Waals surface area contributed by atoms with Crippen molar-refractivity contribution in [2.75, 3.05) is 4.31 Å². The summed E-state index contributed by atoms with van der Waals surface area (Å²) in [5, 5.41) is 9.59. The van der Waals surface area contributed by atoms with E-state index in [1.807, 2.05) is 42.5 Å². The van der Waals surface area contributed by atoms with Gasteiger partial charge in [-0.15, -0.1) is 0 Å². The zero-order valence-corrected chi connectivity index (χ0v) is 16.5. The topological polar surface area (TPSA) is 78.9 Å². The van der Waals surface area contributed by atoms with Gasteiger partial charge >= 0.3 is 10.2 Å².